The Labute approximate surface area is 230 Å². The maximum atomic E-state index is 14.7. The quantitative estimate of drug-likeness (QED) is 0.299. The SMILES string of the molecule is C=C(C(=O)N1CCOCC1)C(F)=CC=C(C)c1cc(Cl)c2oc(CNC(=O)C=Cc3ccc(N)nc3)cc2c1. The van der Waals surface area contributed by atoms with Crippen LogP contribution in [0.25, 0.3) is 22.6 Å². The fraction of sp³-hybridized carbons (Fsp3) is 0.207. The van der Waals surface area contributed by atoms with Crippen LogP contribution in [-0.2, 0) is 20.9 Å². The molecule has 2 aromatic heterocycles. The summed E-state index contributed by atoms with van der Waals surface area (Å²) in [4.78, 5) is 30.2. The van der Waals surface area contributed by atoms with Crippen LogP contribution in [0.15, 0.2) is 77.2 Å². The molecule has 3 aromatic rings. The molecular formula is C29H28ClFN4O4. The summed E-state index contributed by atoms with van der Waals surface area (Å²) in [6, 6.07) is 8.76. The number of pyridine rings is 1. The zero-order valence-corrected chi connectivity index (χ0v) is 22.1. The second-order valence-electron chi connectivity index (χ2n) is 8.90. The lowest BCUT2D eigenvalue weighted by molar-refractivity contribution is -0.131. The Kier molecular flexibility index (Phi) is 8.96. The van der Waals surface area contributed by atoms with Gasteiger partial charge in [0.15, 0.2) is 5.58 Å². The highest BCUT2D eigenvalue weighted by molar-refractivity contribution is 6.35. The smallest absolute Gasteiger partial charge is 0.256 e. The van der Waals surface area contributed by atoms with Gasteiger partial charge in [0.1, 0.15) is 17.4 Å². The van der Waals surface area contributed by atoms with Crippen molar-refractivity contribution >= 4 is 51.9 Å². The van der Waals surface area contributed by atoms with E-state index in [1.807, 2.05) is 6.07 Å². The highest BCUT2D eigenvalue weighted by Crippen LogP contribution is 2.31. The molecule has 202 valence electrons. The summed E-state index contributed by atoms with van der Waals surface area (Å²) in [5.74, 6) is -0.537. The summed E-state index contributed by atoms with van der Waals surface area (Å²) in [6.07, 6.45) is 7.38. The Morgan fingerprint density at radius 1 is 1.23 bits per heavy atom. The molecule has 1 aliphatic heterocycles. The number of anilines is 1. The van der Waals surface area contributed by atoms with Gasteiger partial charge in [-0.1, -0.05) is 24.3 Å². The van der Waals surface area contributed by atoms with Gasteiger partial charge in [-0.2, -0.15) is 0 Å². The third-order valence-electron chi connectivity index (χ3n) is 6.07. The molecule has 1 aliphatic rings. The van der Waals surface area contributed by atoms with Crippen molar-refractivity contribution < 1.29 is 23.1 Å². The molecule has 1 aromatic carbocycles. The number of morpholine rings is 1. The number of aromatic nitrogens is 1. The first-order valence-corrected chi connectivity index (χ1v) is 12.6. The van der Waals surface area contributed by atoms with Gasteiger partial charge in [-0.05, 0) is 66.1 Å². The van der Waals surface area contributed by atoms with Gasteiger partial charge in [-0.15, -0.1) is 0 Å². The maximum Gasteiger partial charge on any atom is 0.256 e. The zero-order chi connectivity index (χ0) is 27.9. The first kappa shape index (κ1) is 27.8. The molecule has 2 amide bonds. The van der Waals surface area contributed by atoms with Crippen LogP contribution in [0.3, 0.4) is 0 Å². The molecule has 4 rings (SSSR count). The number of amides is 2. The van der Waals surface area contributed by atoms with Crippen molar-refractivity contribution in [3.63, 3.8) is 0 Å². The van der Waals surface area contributed by atoms with Crippen LogP contribution in [0.2, 0.25) is 5.02 Å². The molecule has 0 saturated carbocycles. The summed E-state index contributed by atoms with van der Waals surface area (Å²) in [5.41, 5.74) is 8.05. The number of carbonyl (C=O) groups is 2. The van der Waals surface area contributed by atoms with Gasteiger partial charge < -0.3 is 25.1 Å². The number of halogens is 2. The molecule has 0 atom stereocenters. The number of benzene rings is 1. The van der Waals surface area contributed by atoms with Gasteiger partial charge in [-0.3, -0.25) is 9.59 Å². The Hall–Kier alpha value is -4.21. The highest BCUT2D eigenvalue weighted by atomic mass is 35.5. The summed E-state index contributed by atoms with van der Waals surface area (Å²) in [6.45, 7) is 7.25. The van der Waals surface area contributed by atoms with E-state index in [1.54, 1.807) is 49.5 Å². The van der Waals surface area contributed by atoms with Gasteiger partial charge in [0.25, 0.3) is 5.91 Å². The van der Waals surface area contributed by atoms with Crippen molar-refractivity contribution in [2.45, 2.75) is 13.5 Å². The normalized spacial score (nSPS) is 14.7. The van der Waals surface area contributed by atoms with Crippen LogP contribution in [0.1, 0.15) is 23.8 Å². The lowest BCUT2D eigenvalue weighted by Crippen LogP contribution is -2.41. The molecule has 39 heavy (non-hydrogen) atoms. The summed E-state index contributed by atoms with van der Waals surface area (Å²) < 4.78 is 25.7. The zero-order valence-electron chi connectivity index (χ0n) is 21.4. The lowest BCUT2D eigenvalue weighted by atomic mass is 10.0. The number of nitrogen functional groups attached to an aromatic ring is 1. The van der Waals surface area contributed by atoms with Gasteiger partial charge >= 0.3 is 0 Å². The van der Waals surface area contributed by atoms with Gasteiger partial charge in [0.05, 0.1) is 30.4 Å². The van der Waals surface area contributed by atoms with Gasteiger partial charge in [0, 0.05) is 30.7 Å². The highest BCUT2D eigenvalue weighted by Gasteiger charge is 2.21. The Morgan fingerprint density at radius 3 is 2.72 bits per heavy atom. The van der Waals surface area contributed by atoms with E-state index < -0.39 is 11.7 Å². The van der Waals surface area contributed by atoms with Gasteiger partial charge in [0.2, 0.25) is 5.91 Å². The molecule has 0 radical (unpaired) electrons. The number of furan rings is 1. The largest absolute Gasteiger partial charge is 0.458 e. The van der Waals surface area contributed by atoms with Crippen molar-refractivity contribution in [1.82, 2.24) is 15.2 Å². The van der Waals surface area contributed by atoms with Crippen molar-refractivity contribution in [1.29, 1.82) is 0 Å². The topological polar surface area (TPSA) is 111 Å². The van der Waals surface area contributed by atoms with Crippen LogP contribution in [0.5, 0.6) is 0 Å². The van der Waals surface area contributed by atoms with E-state index in [9.17, 15) is 14.0 Å². The lowest BCUT2D eigenvalue weighted by Gasteiger charge is -2.27. The predicted octanol–water partition coefficient (Wildman–Crippen LogP) is 5.06. The number of nitrogens with one attached hydrogen (secondary N) is 1. The standard InChI is InChI=1S/C29H28ClFN4O4/c1-18(3-6-25(31)19(2)29(37)35-9-11-38-12-10-35)21-13-22-14-23(39-28(22)24(30)15-21)17-34-27(36)8-5-20-4-7-26(32)33-16-20/h3-8,13-16H,2,9-12,17H2,1H3,(H2,32,33)(H,34,36). The van der Waals surface area contributed by atoms with Gasteiger partial charge in [-0.25, -0.2) is 9.37 Å². The third kappa shape index (κ3) is 7.22. The first-order valence-electron chi connectivity index (χ1n) is 12.2. The second kappa shape index (κ2) is 12.6. The van der Waals surface area contributed by atoms with Crippen LogP contribution in [-0.4, -0.2) is 48.0 Å². The second-order valence-corrected chi connectivity index (χ2v) is 9.31. The number of hydrogen-bond acceptors (Lipinski definition) is 6. The summed E-state index contributed by atoms with van der Waals surface area (Å²) in [5, 5.41) is 3.87. The molecular weight excluding hydrogens is 523 g/mol. The van der Waals surface area contributed by atoms with Crippen molar-refractivity contribution in [2.75, 3.05) is 32.0 Å². The molecule has 1 fully saturated rings. The monoisotopic (exact) mass is 550 g/mol. The minimum atomic E-state index is -0.707. The first-order chi connectivity index (χ1) is 18.7. The van der Waals surface area contributed by atoms with E-state index in [0.717, 1.165) is 22.1 Å². The summed E-state index contributed by atoms with van der Waals surface area (Å²) in [7, 11) is 0. The summed E-state index contributed by atoms with van der Waals surface area (Å²) >= 11 is 6.45. The average Bonchev–Trinajstić information content (AvgIpc) is 3.37. The number of fused-ring (bicyclic) bond motifs is 1. The number of allylic oxidation sites excluding steroid dienone is 3. The van der Waals surface area contributed by atoms with Crippen LogP contribution in [0.4, 0.5) is 10.2 Å². The van der Waals surface area contributed by atoms with Crippen LogP contribution in [0, 0.1) is 0 Å². The van der Waals surface area contributed by atoms with E-state index in [2.05, 4.69) is 16.9 Å². The Balaban J connectivity index is 1.41. The number of hydrogen-bond donors (Lipinski definition) is 2. The average molecular weight is 551 g/mol. The van der Waals surface area contributed by atoms with E-state index in [4.69, 9.17) is 26.5 Å². The van der Waals surface area contributed by atoms with Crippen LogP contribution >= 0.6 is 11.6 Å². The van der Waals surface area contributed by atoms with Crippen molar-refractivity contribution in [2.24, 2.45) is 0 Å². The van der Waals surface area contributed by atoms with Crippen molar-refractivity contribution in [3.8, 4) is 0 Å². The maximum absolute atomic E-state index is 14.7. The number of nitrogens with two attached hydrogens (primary N) is 1. The minimum absolute atomic E-state index is 0.158. The molecule has 0 spiro atoms. The van der Waals surface area contributed by atoms with Crippen LogP contribution < -0.4 is 11.1 Å². The Morgan fingerprint density at radius 2 is 2.00 bits per heavy atom. The number of rotatable bonds is 8. The molecule has 0 unspecified atom stereocenters. The molecule has 8 nitrogen and oxygen atoms in total. The van der Waals surface area contributed by atoms with E-state index in [1.165, 1.54) is 17.1 Å². The van der Waals surface area contributed by atoms with E-state index in [0.29, 0.717) is 48.5 Å². The molecule has 0 bridgehead atoms. The van der Waals surface area contributed by atoms with Crippen molar-refractivity contribution in [3.05, 3.63) is 94.6 Å². The number of carbonyl (C=O) groups excluding carboxylic acids is 2. The predicted molar refractivity (Wildman–Crippen MR) is 150 cm³/mol. The number of nitrogens with zero attached hydrogens (tertiary/aromatic N) is 2. The molecule has 10 heteroatoms. The van der Waals surface area contributed by atoms with E-state index >= 15 is 0 Å². The molecule has 0 aliphatic carbocycles. The molecule has 1 saturated heterocycles. The number of ether oxygens (including phenoxy) is 1. The third-order valence-corrected chi connectivity index (χ3v) is 6.36. The van der Waals surface area contributed by atoms with E-state index in [-0.39, 0.29) is 18.0 Å². The fourth-order valence-corrected chi connectivity index (χ4v) is 4.12. The minimum Gasteiger partial charge on any atom is -0.458 e. The molecule has 3 heterocycles. The molecule has 3 N–H and O–H groups in total. The fourth-order valence-electron chi connectivity index (χ4n) is 3.85. The Bertz CT molecular complexity index is 1480.